The molecule has 1 N–H and O–H groups in total. The third kappa shape index (κ3) is 4.99. The Bertz CT molecular complexity index is 1310. The molecule has 1 saturated heterocycles. The fraction of sp³-hybridized carbons (Fsp3) is 0.286. The highest BCUT2D eigenvalue weighted by Gasteiger charge is 2.27. The Balaban J connectivity index is 1.26. The molecule has 5 rings (SSSR count). The van der Waals surface area contributed by atoms with Crippen molar-refractivity contribution in [2.75, 3.05) is 25.1 Å². The Morgan fingerprint density at radius 2 is 1.74 bits per heavy atom. The van der Waals surface area contributed by atoms with Crippen molar-refractivity contribution in [3.05, 3.63) is 89.7 Å². The highest BCUT2D eigenvalue weighted by molar-refractivity contribution is 5.80. The van der Waals surface area contributed by atoms with E-state index in [1.165, 1.54) is 6.07 Å². The zero-order valence-electron chi connectivity index (χ0n) is 19.8. The Kier molecular flexibility index (Phi) is 6.66. The quantitative estimate of drug-likeness (QED) is 0.421. The topological polar surface area (TPSA) is 59.4 Å². The molecule has 1 fully saturated rings. The fourth-order valence-corrected chi connectivity index (χ4v) is 4.68. The monoisotopic (exact) mass is 472 g/mol. The van der Waals surface area contributed by atoms with Gasteiger partial charge in [0.25, 0.3) is 0 Å². The van der Waals surface area contributed by atoms with E-state index in [1.807, 2.05) is 60.7 Å². The van der Waals surface area contributed by atoms with Gasteiger partial charge in [0.1, 0.15) is 11.6 Å². The molecular formula is C28H29FN4O2. The minimum atomic E-state index is -0.219. The predicted molar refractivity (Wildman–Crippen MR) is 135 cm³/mol. The van der Waals surface area contributed by atoms with E-state index in [4.69, 9.17) is 9.72 Å². The number of imidazole rings is 1. The highest BCUT2D eigenvalue weighted by Crippen LogP contribution is 2.28. The first-order valence-corrected chi connectivity index (χ1v) is 12.0. The first-order chi connectivity index (χ1) is 17.1. The molecule has 4 aromatic rings. The number of nitrogens with zero attached hydrogens (tertiary/aromatic N) is 3. The molecule has 1 amide bonds. The lowest BCUT2D eigenvalue weighted by Crippen LogP contribution is -2.41. The number of benzene rings is 3. The molecule has 0 bridgehead atoms. The van der Waals surface area contributed by atoms with Crippen molar-refractivity contribution in [2.24, 2.45) is 5.92 Å². The van der Waals surface area contributed by atoms with E-state index in [2.05, 4.69) is 14.8 Å². The van der Waals surface area contributed by atoms with Crippen molar-refractivity contribution < 1.29 is 13.9 Å². The van der Waals surface area contributed by atoms with Gasteiger partial charge in [-0.3, -0.25) is 4.79 Å². The van der Waals surface area contributed by atoms with Gasteiger partial charge in [-0.1, -0.05) is 42.5 Å². The van der Waals surface area contributed by atoms with Crippen LogP contribution in [0.2, 0.25) is 0 Å². The first-order valence-electron chi connectivity index (χ1n) is 12.0. The van der Waals surface area contributed by atoms with Crippen LogP contribution in [0, 0.1) is 11.7 Å². The number of carbonyl (C=O) groups is 1. The molecule has 0 spiro atoms. The van der Waals surface area contributed by atoms with Crippen LogP contribution in [0.3, 0.4) is 0 Å². The second-order valence-corrected chi connectivity index (χ2v) is 8.91. The normalized spacial score (nSPS) is 14.3. The van der Waals surface area contributed by atoms with Gasteiger partial charge in [-0.2, -0.15) is 0 Å². The molecule has 0 saturated carbocycles. The smallest absolute Gasteiger partial charge is 0.223 e. The number of methoxy groups -OCH3 is 1. The van der Waals surface area contributed by atoms with Crippen molar-refractivity contribution in [1.82, 2.24) is 14.9 Å². The number of carbonyl (C=O) groups excluding carboxylic acids is 1. The van der Waals surface area contributed by atoms with E-state index in [9.17, 15) is 9.18 Å². The van der Waals surface area contributed by atoms with E-state index < -0.39 is 0 Å². The van der Waals surface area contributed by atoms with Gasteiger partial charge < -0.3 is 19.5 Å². The number of ether oxygens (including phenoxy) is 1. The summed E-state index contributed by atoms with van der Waals surface area (Å²) in [5.41, 5.74) is 3.53. The number of hydrogen-bond acceptors (Lipinski definition) is 4. The third-order valence-corrected chi connectivity index (χ3v) is 6.70. The SMILES string of the molecule is COc1ccc(CNC(=O)C2CCN(c3nc4ccccc4n3Cc3ccccc3F)CC2)cc1. The van der Waals surface area contributed by atoms with E-state index in [-0.39, 0.29) is 17.6 Å². The zero-order valence-corrected chi connectivity index (χ0v) is 19.8. The maximum absolute atomic E-state index is 14.4. The minimum Gasteiger partial charge on any atom is -0.497 e. The molecule has 1 aromatic heterocycles. The van der Waals surface area contributed by atoms with Crippen molar-refractivity contribution in [1.29, 1.82) is 0 Å². The number of anilines is 1. The van der Waals surface area contributed by atoms with Crippen LogP contribution >= 0.6 is 0 Å². The summed E-state index contributed by atoms with van der Waals surface area (Å²) in [7, 11) is 1.64. The Morgan fingerprint density at radius 3 is 2.49 bits per heavy atom. The number of aromatic nitrogens is 2. The van der Waals surface area contributed by atoms with Crippen LogP contribution in [0.15, 0.2) is 72.8 Å². The second-order valence-electron chi connectivity index (χ2n) is 8.91. The van der Waals surface area contributed by atoms with Crippen molar-refractivity contribution >= 4 is 22.9 Å². The predicted octanol–water partition coefficient (Wildman–Crippen LogP) is 4.77. The minimum absolute atomic E-state index is 0.0334. The molecule has 0 atom stereocenters. The molecule has 2 heterocycles. The molecule has 0 radical (unpaired) electrons. The summed E-state index contributed by atoms with van der Waals surface area (Å²) in [6, 6.07) is 22.5. The van der Waals surface area contributed by atoms with Gasteiger partial charge in [0, 0.05) is 31.1 Å². The van der Waals surface area contributed by atoms with Crippen LogP contribution < -0.4 is 15.0 Å². The summed E-state index contributed by atoms with van der Waals surface area (Å²) >= 11 is 0. The summed E-state index contributed by atoms with van der Waals surface area (Å²) in [6.07, 6.45) is 1.49. The molecule has 1 aliphatic rings. The number of para-hydroxylation sites is 2. The van der Waals surface area contributed by atoms with Gasteiger partial charge in [-0.25, -0.2) is 9.37 Å². The highest BCUT2D eigenvalue weighted by atomic mass is 19.1. The molecule has 35 heavy (non-hydrogen) atoms. The van der Waals surface area contributed by atoms with Crippen LogP contribution in [0.5, 0.6) is 5.75 Å². The van der Waals surface area contributed by atoms with Gasteiger partial charge in [0.05, 0.1) is 24.7 Å². The third-order valence-electron chi connectivity index (χ3n) is 6.70. The lowest BCUT2D eigenvalue weighted by Gasteiger charge is -2.32. The summed E-state index contributed by atoms with van der Waals surface area (Å²) in [5, 5.41) is 3.07. The summed E-state index contributed by atoms with van der Waals surface area (Å²) < 4.78 is 21.7. The Labute approximate surface area is 204 Å². The van der Waals surface area contributed by atoms with Crippen LogP contribution in [0.25, 0.3) is 11.0 Å². The van der Waals surface area contributed by atoms with Crippen LogP contribution in [0.4, 0.5) is 10.3 Å². The van der Waals surface area contributed by atoms with Gasteiger partial charge in [0.15, 0.2) is 0 Å². The van der Waals surface area contributed by atoms with Gasteiger partial charge in [0.2, 0.25) is 11.9 Å². The van der Waals surface area contributed by atoms with Crippen LogP contribution in [0.1, 0.15) is 24.0 Å². The summed E-state index contributed by atoms with van der Waals surface area (Å²) in [5.74, 6) is 1.46. The van der Waals surface area contributed by atoms with Gasteiger partial charge >= 0.3 is 0 Å². The number of hydrogen-bond donors (Lipinski definition) is 1. The molecule has 180 valence electrons. The molecule has 3 aromatic carbocycles. The number of halogens is 1. The molecular weight excluding hydrogens is 443 g/mol. The second kappa shape index (κ2) is 10.2. The van der Waals surface area contributed by atoms with Crippen molar-refractivity contribution in [3.63, 3.8) is 0 Å². The van der Waals surface area contributed by atoms with Crippen LogP contribution in [-0.4, -0.2) is 35.7 Å². The number of fused-ring (bicyclic) bond motifs is 1. The van der Waals surface area contributed by atoms with E-state index >= 15 is 0 Å². The van der Waals surface area contributed by atoms with E-state index in [0.717, 1.165) is 54.2 Å². The maximum atomic E-state index is 14.4. The summed E-state index contributed by atoms with van der Waals surface area (Å²) in [4.78, 5) is 19.9. The molecule has 7 heteroatoms. The Hall–Kier alpha value is -3.87. The number of nitrogens with one attached hydrogen (secondary N) is 1. The zero-order chi connectivity index (χ0) is 24.2. The molecule has 6 nitrogen and oxygen atoms in total. The summed E-state index contributed by atoms with van der Waals surface area (Å²) in [6.45, 7) is 2.36. The fourth-order valence-electron chi connectivity index (χ4n) is 4.68. The Morgan fingerprint density at radius 1 is 1.03 bits per heavy atom. The maximum Gasteiger partial charge on any atom is 0.223 e. The number of rotatable bonds is 7. The van der Waals surface area contributed by atoms with Crippen molar-refractivity contribution in [2.45, 2.75) is 25.9 Å². The number of amides is 1. The lowest BCUT2D eigenvalue weighted by molar-refractivity contribution is -0.125. The van der Waals surface area contributed by atoms with Gasteiger partial charge in [-0.05, 0) is 48.7 Å². The molecule has 0 aliphatic carbocycles. The lowest BCUT2D eigenvalue weighted by atomic mass is 9.96. The first kappa shape index (κ1) is 22.9. The average Bonchev–Trinajstić information content (AvgIpc) is 3.27. The van der Waals surface area contributed by atoms with E-state index in [1.54, 1.807) is 13.2 Å². The van der Waals surface area contributed by atoms with Crippen LogP contribution in [-0.2, 0) is 17.9 Å². The standard InChI is InChI=1S/C28H29FN4O2/c1-35-23-12-10-20(11-13-23)18-30-27(34)21-14-16-32(17-15-21)28-31-25-8-4-5-9-26(25)33(28)19-22-6-2-3-7-24(22)29/h2-13,21H,14-19H2,1H3,(H,30,34). The van der Waals surface area contributed by atoms with Gasteiger partial charge in [-0.15, -0.1) is 0 Å². The molecule has 1 aliphatic heterocycles. The largest absolute Gasteiger partial charge is 0.497 e. The number of piperidine rings is 1. The average molecular weight is 473 g/mol. The van der Waals surface area contributed by atoms with Crippen molar-refractivity contribution in [3.8, 4) is 5.75 Å². The van der Waals surface area contributed by atoms with E-state index in [0.29, 0.717) is 18.7 Å². The molecule has 0 unspecified atom stereocenters.